The second kappa shape index (κ2) is 6.50. The van der Waals surface area contributed by atoms with Crippen LogP contribution < -0.4 is 4.74 Å². The first-order valence-corrected chi connectivity index (χ1v) is 7.84. The van der Waals surface area contributed by atoms with Crippen molar-refractivity contribution in [1.29, 1.82) is 0 Å². The van der Waals surface area contributed by atoms with E-state index in [2.05, 4.69) is 16.0 Å². The maximum atomic E-state index is 10.2. The highest BCUT2D eigenvalue weighted by molar-refractivity contribution is 5.86. The van der Waals surface area contributed by atoms with Crippen LogP contribution in [0.1, 0.15) is 25.0 Å². The molecule has 1 aliphatic heterocycles. The van der Waals surface area contributed by atoms with E-state index in [-0.39, 0.29) is 0 Å². The van der Waals surface area contributed by atoms with Crippen molar-refractivity contribution in [3.8, 4) is 5.75 Å². The Kier molecular flexibility index (Phi) is 4.46. The molecule has 0 bridgehead atoms. The van der Waals surface area contributed by atoms with Gasteiger partial charge in [0.05, 0.1) is 0 Å². The maximum Gasteiger partial charge on any atom is 0.128 e. The average Bonchev–Trinajstić information content (AvgIpc) is 2.87. The predicted molar refractivity (Wildman–Crippen MR) is 84.8 cm³/mol. The number of hydrogen-bond donors (Lipinski definition) is 2. The third kappa shape index (κ3) is 3.57. The average molecular weight is 288 g/mol. The van der Waals surface area contributed by atoms with Crippen molar-refractivity contribution in [2.45, 2.75) is 32.3 Å². The summed E-state index contributed by atoms with van der Waals surface area (Å²) >= 11 is 0. The number of aliphatic hydroxyl groups excluding tert-OH is 1. The van der Waals surface area contributed by atoms with Gasteiger partial charge in [-0.1, -0.05) is 12.5 Å². The van der Waals surface area contributed by atoms with Gasteiger partial charge in [0.1, 0.15) is 18.5 Å². The molecule has 0 saturated carbocycles. The minimum Gasteiger partial charge on any atom is -0.490 e. The van der Waals surface area contributed by atoms with Gasteiger partial charge in [-0.2, -0.15) is 0 Å². The van der Waals surface area contributed by atoms with E-state index in [4.69, 9.17) is 4.74 Å². The monoisotopic (exact) mass is 288 g/mol. The molecule has 114 valence electrons. The van der Waals surface area contributed by atoms with E-state index < -0.39 is 6.10 Å². The topological polar surface area (TPSA) is 48.5 Å². The summed E-state index contributed by atoms with van der Waals surface area (Å²) in [6, 6.07) is 8.06. The number of H-pyrrole nitrogens is 1. The van der Waals surface area contributed by atoms with E-state index in [1.54, 1.807) is 0 Å². The summed E-state index contributed by atoms with van der Waals surface area (Å²) < 4.78 is 5.84. The minimum atomic E-state index is -0.432. The van der Waals surface area contributed by atoms with Crippen LogP contribution >= 0.6 is 0 Å². The number of likely N-dealkylation sites (tertiary alicyclic amines) is 1. The predicted octanol–water partition coefficient (Wildman–Crippen LogP) is 2.70. The van der Waals surface area contributed by atoms with Crippen LogP contribution in [-0.4, -0.2) is 47.3 Å². The van der Waals surface area contributed by atoms with E-state index in [1.807, 2.05) is 25.1 Å². The van der Waals surface area contributed by atoms with Crippen molar-refractivity contribution < 1.29 is 9.84 Å². The first kappa shape index (κ1) is 14.4. The van der Waals surface area contributed by atoms with Gasteiger partial charge >= 0.3 is 0 Å². The van der Waals surface area contributed by atoms with Gasteiger partial charge in [-0.15, -0.1) is 0 Å². The molecule has 1 aromatic heterocycles. The van der Waals surface area contributed by atoms with Crippen LogP contribution in [-0.2, 0) is 0 Å². The summed E-state index contributed by atoms with van der Waals surface area (Å²) in [6.45, 7) is 5.30. The Hall–Kier alpha value is -1.52. The van der Waals surface area contributed by atoms with E-state index in [9.17, 15) is 5.11 Å². The molecule has 1 saturated heterocycles. The van der Waals surface area contributed by atoms with Gasteiger partial charge in [0.15, 0.2) is 0 Å². The molecule has 0 unspecified atom stereocenters. The SMILES string of the molecule is Cc1cc2c(OC[C@H](O)CN3CCCCC3)cccc2[nH]1. The summed E-state index contributed by atoms with van der Waals surface area (Å²) in [5.74, 6) is 0.842. The number of benzene rings is 1. The summed E-state index contributed by atoms with van der Waals surface area (Å²) in [5.41, 5.74) is 2.20. The van der Waals surface area contributed by atoms with Crippen molar-refractivity contribution in [2.75, 3.05) is 26.2 Å². The van der Waals surface area contributed by atoms with Crippen LogP contribution in [0.15, 0.2) is 24.3 Å². The molecule has 2 heterocycles. The van der Waals surface area contributed by atoms with Crippen LogP contribution in [0.4, 0.5) is 0 Å². The summed E-state index contributed by atoms with van der Waals surface area (Å²) in [6.07, 6.45) is 3.38. The molecule has 1 atom stereocenters. The molecule has 1 aromatic carbocycles. The molecule has 21 heavy (non-hydrogen) atoms. The molecule has 1 fully saturated rings. The lowest BCUT2D eigenvalue weighted by atomic mass is 10.1. The number of fused-ring (bicyclic) bond motifs is 1. The number of piperidine rings is 1. The first-order chi connectivity index (χ1) is 10.2. The lowest BCUT2D eigenvalue weighted by molar-refractivity contribution is 0.0622. The van der Waals surface area contributed by atoms with Crippen LogP contribution in [0.25, 0.3) is 10.9 Å². The quantitative estimate of drug-likeness (QED) is 0.889. The Balaban J connectivity index is 1.58. The fourth-order valence-electron chi connectivity index (χ4n) is 3.07. The van der Waals surface area contributed by atoms with Crippen molar-refractivity contribution in [1.82, 2.24) is 9.88 Å². The molecule has 4 nitrogen and oxygen atoms in total. The number of hydrogen-bond acceptors (Lipinski definition) is 3. The van der Waals surface area contributed by atoms with E-state index in [1.165, 1.54) is 19.3 Å². The van der Waals surface area contributed by atoms with Gasteiger partial charge in [-0.25, -0.2) is 0 Å². The molecule has 0 aliphatic carbocycles. The number of nitrogens with one attached hydrogen (secondary N) is 1. The highest BCUT2D eigenvalue weighted by Gasteiger charge is 2.15. The second-order valence-corrected chi connectivity index (χ2v) is 6.00. The minimum absolute atomic E-state index is 0.347. The molecule has 4 heteroatoms. The molecule has 0 amide bonds. The summed E-state index contributed by atoms with van der Waals surface area (Å²) in [4.78, 5) is 5.63. The molecule has 2 aromatic rings. The molecule has 0 radical (unpaired) electrons. The number of rotatable bonds is 5. The third-order valence-electron chi connectivity index (χ3n) is 4.11. The van der Waals surface area contributed by atoms with Gasteiger partial charge < -0.3 is 19.7 Å². The van der Waals surface area contributed by atoms with Crippen LogP contribution in [0.5, 0.6) is 5.75 Å². The van der Waals surface area contributed by atoms with Gasteiger partial charge in [0.2, 0.25) is 0 Å². The standard InChI is InChI=1S/C17H24N2O2/c1-13-10-15-16(18-13)6-5-7-17(15)21-12-14(20)11-19-8-3-2-4-9-19/h5-7,10,14,18,20H,2-4,8-9,11-12H2,1H3/t14-/m1/s1. The lowest BCUT2D eigenvalue weighted by Crippen LogP contribution is -2.38. The Morgan fingerprint density at radius 2 is 2.10 bits per heavy atom. The van der Waals surface area contributed by atoms with Gasteiger partial charge in [0.25, 0.3) is 0 Å². The fraction of sp³-hybridized carbons (Fsp3) is 0.529. The van der Waals surface area contributed by atoms with E-state index in [0.717, 1.165) is 35.4 Å². The number of ether oxygens (including phenoxy) is 1. The normalized spacial score (nSPS) is 18.0. The molecular formula is C17H24N2O2. The maximum absolute atomic E-state index is 10.2. The van der Waals surface area contributed by atoms with Crippen molar-refractivity contribution in [3.05, 3.63) is 30.0 Å². The Morgan fingerprint density at radius 3 is 2.90 bits per heavy atom. The number of aryl methyl sites for hydroxylation is 1. The van der Waals surface area contributed by atoms with E-state index in [0.29, 0.717) is 13.2 Å². The highest BCUT2D eigenvalue weighted by Crippen LogP contribution is 2.26. The van der Waals surface area contributed by atoms with Crippen molar-refractivity contribution in [3.63, 3.8) is 0 Å². The van der Waals surface area contributed by atoms with Crippen LogP contribution in [0.2, 0.25) is 0 Å². The van der Waals surface area contributed by atoms with Gasteiger partial charge in [-0.3, -0.25) is 0 Å². The molecule has 1 aliphatic rings. The van der Waals surface area contributed by atoms with Crippen molar-refractivity contribution in [2.24, 2.45) is 0 Å². The van der Waals surface area contributed by atoms with Crippen LogP contribution in [0.3, 0.4) is 0 Å². The smallest absolute Gasteiger partial charge is 0.128 e. The third-order valence-corrected chi connectivity index (χ3v) is 4.11. The van der Waals surface area contributed by atoms with Gasteiger partial charge in [0, 0.05) is 23.1 Å². The summed E-state index contributed by atoms with van der Waals surface area (Å²) in [5, 5.41) is 11.2. The Bertz CT molecular complexity index is 587. The zero-order valence-electron chi connectivity index (χ0n) is 12.6. The number of aromatic amines is 1. The summed E-state index contributed by atoms with van der Waals surface area (Å²) in [7, 11) is 0. The van der Waals surface area contributed by atoms with Crippen molar-refractivity contribution >= 4 is 10.9 Å². The van der Waals surface area contributed by atoms with Gasteiger partial charge in [-0.05, 0) is 51.1 Å². The number of β-amino-alcohol motifs (C(OH)–C–C–N with tert-alkyl or cyclic N) is 1. The molecule has 0 spiro atoms. The largest absolute Gasteiger partial charge is 0.490 e. The second-order valence-electron chi connectivity index (χ2n) is 6.00. The number of aromatic nitrogens is 1. The number of nitrogens with zero attached hydrogens (tertiary/aromatic N) is 1. The Labute approximate surface area is 125 Å². The molecular weight excluding hydrogens is 264 g/mol. The molecule has 3 rings (SSSR count). The number of aliphatic hydroxyl groups is 1. The fourth-order valence-corrected chi connectivity index (χ4v) is 3.07. The first-order valence-electron chi connectivity index (χ1n) is 7.84. The lowest BCUT2D eigenvalue weighted by Gasteiger charge is -2.28. The molecule has 2 N–H and O–H groups in total. The highest BCUT2D eigenvalue weighted by atomic mass is 16.5. The Morgan fingerprint density at radius 1 is 1.29 bits per heavy atom. The zero-order valence-corrected chi connectivity index (χ0v) is 12.6. The van der Waals surface area contributed by atoms with E-state index >= 15 is 0 Å². The van der Waals surface area contributed by atoms with Crippen LogP contribution in [0, 0.1) is 6.92 Å². The zero-order chi connectivity index (χ0) is 14.7.